The van der Waals surface area contributed by atoms with Crippen molar-refractivity contribution in [3.63, 3.8) is 0 Å². The van der Waals surface area contributed by atoms with Crippen LogP contribution in [0.15, 0.2) is 41.3 Å². The Morgan fingerprint density at radius 3 is 2.31 bits per heavy atom. The second-order valence-electron chi connectivity index (χ2n) is 4.28. The Labute approximate surface area is 100 Å². The number of hydrogen-bond donors (Lipinski definition) is 1. The lowest BCUT2D eigenvalue weighted by molar-refractivity contribution is 1.01. The van der Waals surface area contributed by atoms with Gasteiger partial charge in [0.15, 0.2) is 0 Å². The van der Waals surface area contributed by atoms with Crippen molar-refractivity contribution in [1.29, 1.82) is 0 Å². The zero-order valence-electron chi connectivity index (χ0n) is 9.36. The van der Waals surface area contributed by atoms with E-state index in [1.807, 2.05) is 6.07 Å². The summed E-state index contributed by atoms with van der Waals surface area (Å²) in [5, 5.41) is 2.60. The molecule has 0 unspecified atom stereocenters. The van der Waals surface area contributed by atoms with E-state index in [1.54, 1.807) is 0 Å². The van der Waals surface area contributed by atoms with Crippen LogP contribution in [0.4, 0.5) is 0 Å². The molecular weight excluding hydrogens is 214 g/mol. The molecule has 2 heteroatoms. The molecule has 2 aromatic carbocycles. The first kappa shape index (κ1) is 9.79. The summed E-state index contributed by atoms with van der Waals surface area (Å²) in [5.74, 6) is 0. The van der Waals surface area contributed by atoms with Crippen LogP contribution >= 0.6 is 12.6 Å². The monoisotopic (exact) mass is 227 g/mol. The summed E-state index contributed by atoms with van der Waals surface area (Å²) < 4.78 is 2.23. The smallest absolute Gasteiger partial charge is 0.0489 e. The molecule has 3 rings (SSSR count). The van der Waals surface area contributed by atoms with Crippen LogP contribution in [0.1, 0.15) is 5.56 Å². The lowest BCUT2D eigenvalue weighted by Crippen LogP contribution is -1.85. The number of nitrogens with zero attached hydrogens (tertiary/aromatic N) is 1. The Balaban J connectivity index is 2.60. The van der Waals surface area contributed by atoms with E-state index < -0.39 is 0 Å². The Hall–Kier alpha value is -1.41. The first-order valence-corrected chi connectivity index (χ1v) is 5.79. The van der Waals surface area contributed by atoms with Gasteiger partial charge in [-0.15, -0.1) is 12.6 Å². The predicted octanol–water partition coefficient (Wildman–Crippen LogP) is 3.93. The van der Waals surface area contributed by atoms with E-state index in [4.69, 9.17) is 0 Å². The quantitative estimate of drug-likeness (QED) is 0.555. The van der Waals surface area contributed by atoms with Gasteiger partial charge in [0.2, 0.25) is 0 Å². The van der Waals surface area contributed by atoms with Crippen LogP contribution in [0.5, 0.6) is 0 Å². The van der Waals surface area contributed by atoms with Crippen LogP contribution in [0.25, 0.3) is 21.8 Å². The lowest BCUT2D eigenvalue weighted by Gasteiger charge is -1.97. The van der Waals surface area contributed by atoms with Crippen molar-refractivity contribution in [3.8, 4) is 0 Å². The van der Waals surface area contributed by atoms with Crippen LogP contribution in [-0.4, -0.2) is 4.57 Å². The molecule has 0 N–H and O–H groups in total. The number of benzene rings is 2. The second-order valence-corrected chi connectivity index (χ2v) is 4.80. The lowest BCUT2D eigenvalue weighted by atomic mass is 10.1. The zero-order valence-corrected chi connectivity index (χ0v) is 10.3. The fourth-order valence-corrected chi connectivity index (χ4v) is 2.52. The number of rotatable bonds is 0. The number of aromatic nitrogens is 1. The highest BCUT2D eigenvalue weighted by molar-refractivity contribution is 7.80. The van der Waals surface area contributed by atoms with E-state index in [-0.39, 0.29) is 0 Å². The summed E-state index contributed by atoms with van der Waals surface area (Å²) in [6.45, 7) is 2.13. The van der Waals surface area contributed by atoms with Gasteiger partial charge in [-0.25, -0.2) is 0 Å². The topological polar surface area (TPSA) is 4.93 Å². The molecule has 0 atom stereocenters. The molecule has 1 heterocycles. The van der Waals surface area contributed by atoms with E-state index in [0.29, 0.717) is 0 Å². The van der Waals surface area contributed by atoms with Crippen LogP contribution in [0.3, 0.4) is 0 Å². The Bertz CT molecular complexity index is 635. The first-order chi connectivity index (χ1) is 7.66. The summed E-state index contributed by atoms with van der Waals surface area (Å²) in [7, 11) is 2.11. The summed E-state index contributed by atoms with van der Waals surface area (Å²) in [5.41, 5.74) is 3.84. The van der Waals surface area contributed by atoms with E-state index in [0.717, 1.165) is 4.90 Å². The van der Waals surface area contributed by atoms with Crippen molar-refractivity contribution in [2.24, 2.45) is 7.05 Å². The van der Waals surface area contributed by atoms with Crippen LogP contribution in [0, 0.1) is 6.92 Å². The Morgan fingerprint density at radius 2 is 1.56 bits per heavy atom. The molecule has 0 bridgehead atoms. The first-order valence-electron chi connectivity index (χ1n) is 5.34. The maximum atomic E-state index is 4.41. The highest BCUT2D eigenvalue weighted by Crippen LogP contribution is 2.30. The number of hydrogen-bond acceptors (Lipinski definition) is 1. The molecule has 80 valence electrons. The number of aryl methyl sites for hydroxylation is 2. The normalized spacial score (nSPS) is 11.4. The number of thiol groups is 1. The van der Waals surface area contributed by atoms with Crippen molar-refractivity contribution >= 4 is 34.4 Å². The van der Waals surface area contributed by atoms with Gasteiger partial charge in [0.25, 0.3) is 0 Å². The van der Waals surface area contributed by atoms with Gasteiger partial charge in [-0.1, -0.05) is 11.6 Å². The van der Waals surface area contributed by atoms with Gasteiger partial charge < -0.3 is 4.57 Å². The number of fused-ring (bicyclic) bond motifs is 3. The minimum atomic E-state index is 1.02. The molecule has 0 aliphatic rings. The van der Waals surface area contributed by atoms with Gasteiger partial charge in [-0.2, -0.15) is 0 Å². The third-order valence-electron chi connectivity index (χ3n) is 3.15. The molecule has 3 aromatic rings. The average Bonchev–Trinajstić information content (AvgIpc) is 2.52. The summed E-state index contributed by atoms with van der Waals surface area (Å²) in [6.07, 6.45) is 0. The van der Waals surface area contributed by atoms with Gasteiger partial charge in [-0.3, -0.25) is 0 Å². The van der Waals surface area contributed by atoms with Gasteiger partial charge in [0.1, 0.15) is 0 Å². The molecule has 1 nitrogen and oxygen atoms in total. The SMILES string of the molecule is Cc1ccc2c(c1)c1cc(S)ccc1n2C. The second kappa shape index (κ2) is 3.29. The van der Waals surface area contributed by atoms with Gasteiger partial charge in [0, 0.05) is 33.7 Å². The highest BCUT2D eigenvalue weighted by Gasteiger charge is 2.07. The van der Waals surface area contributed by atoms with Crippen molar-refractivity contribution < 1.29 is 0 Å². The third-order valence-corrected chi connectivity index (χ3v) is 3.42. The van der Waals surface area contributed by atoms with E-state index in [1.165, 1.54) is 27.4 Å². The molecule has 0 aliphatic heterocycles. The Morgan fingerprint density at radius 1 is 0.938 bits per heavy atom. The third kappa shape index (κ3) is 1.26. The predicted molar refractivity (Wildman–Crippen MR) is 72.4 cm³/mol. The molecule has 0 spiro atoms. The van der Waals surface area contributed by atoms with Crippen LogP contribution in [0.2, 0.25) is 0 Å². The molecule has 0 radical (unpaired) electrons. The van der Waals surface area contributed by atoms with Crippen LogP contribution in [-0.2, 0) is 7.05 Å². The van der Waals surface area contributed by atoms with Crippen molar-refractivity contribution in [1.82, 2.24) is 4.57 Å². The maximum Gasteiger partial charge on any atom is 0.0489 e. The van der Waals surface area contributed by atoms with E-state index >= 15 is 0 Å². The molecule has 0 fully saturated rings. The molecule has 0 saturated heterocycles. The Kier molecular flexibility index (Phi) is 2.01. The minimum Gasteiger partial charge on any atom is -0.344 e. The summed E-state index contributed by atoms with van der Waals surface area (Å²) >= 11 is 4.41. The molecule has 0 amide bonds. The van der Waals surface area contributed by atoms with Crippen molar-refractivity contribution in [2.45, 2.75) is 11.8 Å². The van der Waals surface area contributed by atoms with Crippen LogP contribution < -0.4 is 0 Å². The minimum absolute atomic E-state index is 1.02. The summed E-state index contributed by atoms with van der Waals surface area (Å²) in [6, 6.07) is 12.9. The van der Waals surface area contributed by atoms with Gasteiger partial charge >= 0.3 is 0 Å². The molecular formula is C14H13NS. The van der Waals surface area contributed by atoms with Gasteiger partial charge in [-0.05, 0) is 37.3 Å². The molecule has 16 heavy (non-hydrogen) atoms. The van der Waals surface area contributed by atoms with Crippen molar-refractivity contribution in [2.75, 3.05) is 0 Å². The fourth-order valence-electron chi connectivity index (χ4n) is 2.32. The molecule has 1 aromatic heterocycles. The largest absolute Gasteiger partial charge is 0.344 e. The molecule has 0 aliphatic carbocycles. The van der Waals surface area contributed by atoms with E-state index in [9.17, 15) is 0 Å². The zero-order chi connectivity index (χ0) is 11.3. The summed E-state index contributed by atoms with van der Waals surface area (Å²) in [4.78, 5) is 1.02. The fraction of sp³-hybridized carbons (Fsp3) is 0.143. The maximum absolute atomic E-state index is 4.41. The molecule has 0 saturated carbocycles. The standard InChI is InChI=1S/C14H13NS/c1-9-3-5-13-11(7-9)12-8-10(16)4-6-14(12)15(13)2/h3-8,16H,1-2H3. The highest BCUT2D eigenvalue weighted by atomic mass is 32.1. The van der Waals surface area contributed by atoms with Gasteiger partial charge in [0.05, 0.1) is 0 Å². The average molecular weight is 227 g/mol. The van der Waals surface area contributed by atoms with E-state index in [2.05, 4.69) is 61.5 Å². The van der Waals surface area contributed by atoms with Crippen molar-refractivity contribution in [3.05, 3.63) is 42.0 Å².